The minimum Gasteiger partial charge on any atom is -0.385 e. The number of nitrogens with zero attached hydrogens (tertiary/aromatic N) is 1. The van der Waals surface area contributed by atoms with Crippen molar-refractivity contribution in [3.63, 3.8) is 0 Å². The molecule has 1 aromatic carbocycles. The Balaban J connectivity index is 1.86. The lowest BCUT2D eigenvalue weighted by Crippen LogP contribution is -2.16. The van der Waals surface area contributed by atoms with Crippen molar-refractivity contribution in [3.8, 4) is 0 Å². The first-order chi connectivity index (χ1) is 10.1. The number of aromatic nitrogens is 1. The van der Waals surface area contributed by atoms with Crippen LogP contribution in [0.1, 0.15) is 27.9 Å². The van der Waals surface area contributed by atoms with Gasteiger partial charge in [-0.15, -0.1) is 0 Å². The topological polar surface area (TPSA) is 54.0 Å². The smallest absolute Gasteiger partial charge is 0.255 e. The van der Waals surface area contributed by atoms with Crippen molar-refractivity contribution < 1.29 is 4.79 Å². The second-order valence-corrected chi connectivity index (χ2v) is 5.51. The largest absolute Gasteiger partial charge is 0.385 e. The number of halogens is 1. The molecule has 1 aliphatic heterocycles. The van der Waals surface area contributed by atoms with E-state index in [9.17, 15) is 4.79 Å². The molecule has 1 aromatic heterocycles. The van der Waals surface area contributed by atoms with Gasteiger partial charge in [0.05, 0.1) is 5.69 Å². The lowest BCUT2D eigenvalue weighted by molar-refractivity contribution is 0.102. The fourth-order valence-corrected chi connectivity index (χ4v) is 2.73. The molecule has 0 spiro atoms. The van der Waals surface area contributed by atoms with E-state index in [2.05, 4.69) is 15.6 Å². The first kappa shape index (κ1) is 13.9. The molecule has 4 nitrogen and oxygen atoms in total. The average Bonchev–Trinajstić information content (AvgIpc) is 2.50. The summed E-state index contributed by atoms with van der Waals surface area (Å²) in [5, 5.41) is 6.49. The highest BCUT2D eigenvalue weighted by molar-refractivity contribution is 6.32. The third-order valence-corrected chi connectivity index (χ3v) is 3.94. The van der Waals surface area contributed by atoms with E-state index in [-0.39, 0.29) is 5.91 Å². The summed E-state index contributed by atoms with van der Waals surface area (Å²) in [6.07, 6.45) is 3.71. The van der Waals surface area contributed by atoms with E-state index in [1.165, 1.54) is 5.56 Å². The Morgan fingerprint density at radius 3 is 3.05 bits per heavy atom. The number of benzene rings is 1. The molecule has 0 fully saturated rings. The molecule has 108 valence electrons. The van der Waals surface area contributed by atoms with E-state index in [1.807, 2.05) is 31.2 Å². The molecule has 1 aliphatic rings. The van der Waals surface area contributed by atoms with Crippen molar-refractivity contribution in [3.05, 3.63) is 52.3 Å². The Kier molecular flexibility index (Phi) is 3.80. The summed E-state index contributed by atoms with van der Waals surface area (Å²) in [4.78, 5) is 16.4. The van der Waals surface area contributed by atoms with Crippen LogP contribution in [0.3, 0.4) is 0 Å². The predicted octanol–water partition coefficient (Wildman–Crippen LogP) is 3.65. The van der Waals surface area contributed by atoms with Gasteiger partial charge in [0.1, 0.15) is 0 Å². The number of pyridine rings is 1. The molecule has 3 rings (SSSR count). The lowest BCUT2D eigenvalue weighted by Gasteiger charge is -2.18. The van der Waals surface area contributed by atoms with Crippen molar-refractivity contribution in [2.75, 3.05) is 17.2 Å². The van der Waals surface area contributed by atoms with Crippen LogP contribution in [-0.4, -0.2) is 17.4 Å². The van der Waals surface area contributed by atoms with Crippen molar-refractivity contribution in [1.82, 2.24) is 4.98 Å². The van der Waals surface area contributed by atoms with Gasteiger partial charge in [-0.3, -0.25) is 4.79 Å². The van der Waals surface area contributed by atoms with Gasteiger partial charge in [0, 0.05) is 24.0 Å². The summed E-state index contributed by atoms with van der Waals surface area (Å²) < 4.78 is 0. The highest BCUT2D eigenvalue weighted by atomic mass is 35.5. The van der Waals surface area contributed by atoms with Gasteiger partial charge in [0.25, 0.3) is 5.91 Å². The van der Waals surface area contributed by atoms with Gasteiger partial charge < -0.3 is 10.6 Å². The maximum Gasteiger partial charge on any atom is 0.255 e. The summed E-state index contributed by atoms with van der Waals surface area (Å²) >= 11 is 6.04. The van der Waals surface area contributed by atoms with Crippen LogP contribution in [0.15, 0.2) is 30.5 Å². The minimum atomic E-state index is -0.165. The quantitative estimate of drug-likeness (QED) is 0.832. The fourth-order valence-electron chi connectivity index (χ4n) is 2.48. The maximum absolute atomic E-state index is 12.4. The SMILES string of the molecule is Cc1ccnc(Cl)c1NC(=O)c1ccc2c(c1)CCCN2. The van der Waals surface area contributed by atoms with Crippen LogP contribution in [0.5, 0.6) is 0 Å². The molecular formula is C16H16ClN3O. The van der Waals surface area contributed by atoms with E-state index in [1.54, 1.807) is 6.20 Å². The Morgan fingerprint density at radius 1 is 1.38 bits per heavy atom. The van der Waals surface area contributed by atoms with E-state index in [0.717, 1.165) is 30.6 Å². The third kappa shape index (κ3) is 2.85. The predicted molar refractivity (Wildman–Crippen MR) is 85.2 cm³/mol. The second kappa shape index (κ2) is 5.74. The van der Waals surface area contributed by atoms with E-state index in [4.69, 9.17) is 11.6 Å². The van der Waals surface area contributed by atoms with E-state index < -0.39 is 0 Å². The zero-order valence-electron chi connectivity index (χ0n) is 11.7. The van der Waals surface area contributed by atoms with E-state index >= 15 is 0 Å². The number of carbonyl (C=O) groups excluding carboxylic acids is 1. The Bertz CT molecular complexity index is 680. The van der Waals surface area contributed by atoms with Crippen molar-refractivity contribution >= 4 is 28.9 Å². The maximum atomic E-state index is 12.4. The van der Waals surface area contributed by atoms with Gasteiger partial charge in [0.15, 0.2) is 5.15 Å². The monoisotopic (exact) mass is 301 g/mol. The van der Waals surface area contributed by atoms with Gasteiger partial charge in [-0.1, -0.05) is 11.6 Å². The molecule has 2 N–H and O–H groups in total. The Morgan fingerprint density at radius 2 is 2.24 bits per heavy atom. The van der Waals surface area contributed by atoms with Gasteiger partial charge in [-0.25, -0.2) is 4.98 Å². The van der Waals surface area contributed by atoms with Crippen molar-refractivity contribution in [1.29, 1.82) is 0 Å². The normalized spacial score (nSPS) is 13.2. The number of hydrogen-bond acceptors (Lipinski definition) is 3. The van der Waals surface area contributed by atoms with Crippen LogP contribution in [0, 0.1) is 6.92 Å². The number of rotatable bonds is 2. The number of hydrogen-bond donors (Lipinski definition) is 2. The fraction of sp³-hybridized carbons (Fsp3) is 0.250. The molecule has 0 aliphatic carbocycles. The highest BCUT2D eigenvalue weighted by Crippen LogP contribution is 2.26. The molecule has 2 aromatic rings. The van der Waals surface area contributed by atoms with Crippen LogP contribution in [-0.2, 0) is 6.42 Å². The molecule has 0 radical (unpaired) electrons. The molecule has 0 saturated heterocycles. The highest BCUT2D eigenvalue weighted by Gasteiger charge is 2.14. The van der Waals surface area contributed by atoms with Gasteiger partial charge in [0.2, 0.25) is 0 Å². The molecular weight excluding hydrogens is 286 g/mol. The Labute approximate surface area is 128 Å². The zero-order chi connectivity index (χ0) is 14.8. The number of anilines is 2. The van der Waals surface area contributed by atoms with Crippen LogP contribution < -0.4 is 10.6 Å². The van der Waals surface area contributed by atoms with Crippen LogP contribution >= 0.6 is 11.6 Å². The zero-order valence-corrected chi connectivity index (χ0v) is 12.5. The minimum absolute atomic E-state index is 0.165. The number of fused-ring (bicyclic) bond motifs is 1. The van der Waals surface area contributed by atoms with Gasteiger partial charge in [-0.2, -0.15) is 0 Å². The third-order valence-electron chi connectivity index (χ3n) is 3.66. The summed E-state index contributed by atoms with van der Waals surface area (Å²) in [6, 6.07) is 7.54. The second-order valence-electron chi connectivity index (χ2n) is 5.15. The van der Waals surface area contributed by atoms with Gasteiger partial charge in [-0.05, 0) is 55.2 Å². The lowest BCUT2D eigenvalue weighted by atomic mass is 10.0. The van der Waals surface area contributed by atoms with Crippen LogP contribution in [0.2, 0.25) is 5.15 Å². The summed E-state index contributed by atoms with van der Waals surface area (Å²) in [5.74, 6) is -0.165. The molecule has 21 heavy (non-hydrogen) atoms. The molecule has 0 saturated carbocycles. The summed E-state index contributed by atoms with van der Waals surface area (Å²) in [6.45, 7) is 2.88. The molecule has 0 unspecified atom stereocenters. The number of carbonyl (C=O) groups is 1. The molecule has 0 bridgehead atoms. The molecule has 2 heterocycles. The van der Waals surface area contributed by atoms with Crippen LogP contribution in [0.25, 0.3) is 0 Å². The van der Waals surface area contributed by atoms with E-state index in [0.29, 0.717) is 16.4 Å². The summed E-state index contributed by atoms with van der Waals surface area (Å²) in [5.41, 5.74) is 4.40. The van der Waals surface area contributed by atoms with Crippen LogP contribution in [0.4, 0.5) is 11.4 Å². The molecule has 1 amide bonds. The molecule has 0 atom stereocenters. The van der Waals surface area contributed by atoms with Gasteiger partial charge >= 0.3 is 0 Å². The number of aryl methyl sites for hydroxylation is 2. The first-order valence-corrected chi connectivity index (χ1v) is 7.32. The number of amides is 1. The number of nitrogens with one attached hydrogen (secondary N) is 2. The summed E-state index contributed by atoms with van der Waals surface area (Å²) in [7, 11) is 0. The van der Waals surface area contributed by atoms with Crippen molar-refractivity contribution in [2.45, 2.75) is 19.8 Å². The standard InChI is InChI=1S/C16H16ClN3O/c1-10-6-8-19-15(17)14(10)20-16(21)12-4-5-13-11(9-12)3-2-7-18-13/h4-6,8-9,18H,2-3,7H2,1H3,(H,20,21). The van der Waals surface area contributed by atoms with Crippen molar-refractivity contribution in [2.24, 2.45) is 0 Å². The first-order valence-electron chi connectivity index (χ1n) is 6.94. The molecule has 5 heteroatoms. The average molecular weight is 302 g/mol. The Hall–Kier alpha value is -2.07.